The quantitative estimate of drug-likeness (QED) is 0.111. The molecule has 4 rings (SSSR count). The molecule has 3 aromatic carbocycles. The highest BCUT2D eigenvalue weighted by Gasteiger charge is 2.33. The molecule has 0 aliphatic carbocycles. The van der Waals surface area contributed by atoms with E-state index in [-0.39, 0.29) is 17.9 Å². The number of fused-ring (bicyclic) bond motifs is 1. The lowest BCUT2D eigenvalue weighted by Gasteiger charge is -2.27. The van der Waals surface area contributed by atoms with Crippen molar-refractivity contribution in [3.8, 4) is 5.75 Å². The van der Waals surface area contributed by atoms with Gasteiger partial charge in [0.25, 0.3) is 5.56 Å². The van der Waals surface area contributed by atoms with E-state index in [9.17, 15) is 36.7 Å². The largest absolute Gasteiger partial charge is 0.479 e. The fraction of sp³-hybridized carbons (Fsp3) is 0.273. The molecule has 46 heavy (non-hydrogen) atoms. The van der Waals surface area contributed by atoms with Gasteiger partial charge in [0.2, 0.25) is 17.5 Å². The molecule has 1 heterocycles. The van der Waals surface area contributed by atoms with Gasteiger partial charge in [0.1, 0.15) is 24.3 Å². The maximum absolute atomic E-state index is 14.2. The van der Waals surface area contributed by atoms with Crippen molar-refractivity contribution in [2.75, 3.05) is 6.61 Å². The van der Waals surface area contributed by atoms with Gasteiger partial charge in [0.05, 0.1) is 6.42 Å². The highest BCUT2D eigenvalue weighted by molar-refractivity contribution is 6.31. The molecule has 2 atom stereocenters. The number of rotatable bonds is 12. The second-order valence-electron chi connectivity index (χ2n) is 10.9. The monoisotopic (exact) mass is 660 g/mol. The van der Waals surface area contributed by atoms with Crippen molar-refractivity contribution >= 4 is 40.0 Å². The summed E-state index contributed by atoms with van der Waals surface area (Å²) in [6.07, 6.45) is 0.706. The normalized spacial score (nSPS) is 12.8. The summed E-state index contributed by atoms with van der Waals surface area (Å²) in [4.78, 5) is 53.2. The Morgan fingerprint density at radius 1 is 0.957 bits per heavy atom. The number of nitrogens with one attached hydrogen (secondary N) is 1. The van der Waals surface area contributed by atoms with Crippen molar-refractivity contribution in [1.82, 2.24) is 9.88 Å². The van der Waals surface area contributed by atoms with Gasteiger partial charge in [-0.2, -0.15) is 8.78 Å². The van der Waals surface area contributed by atoms with Crippen LogP contribution in [0.1, 0.15) is 45.2 Å². The topological polar surface area (TPSA) is 104 Å². The van der Waals surface area contributed by atoms with Gasteiger partial charge >= 0.3 is 5.97 Å². The van der Waals surface area contributed by atoms with E-state index in [1.54, 1.807) is 69.3 Å². The third kappa shape index (κ3) is 7.56. The van der Waals surface area contributed by atoms with Crippen molar-refractivity contribution in [2.45, 2.75) is 51.3 Å². The maximum atomic E-state index is 14.2. The standard InChI is InChI=1S/C33H29ClF4N2O6/c1-4-25(40-13-12-18-10-11-20(34)14-21(18)32(40)44)31(43)39-24(16-27(42)46-33(2,3)19-8-6-5-7-9-19)26(41)17-45-30-28(37)22(35)15-23(36)29(30)38/h5-15,24-25H,4,16-17H2,1-3H3,(H,39,43). The van der Waals surface area contributed by atoms with Crippen LogP contribution in [-0.2, 0) is 24.7 Å². The van der Waals surface area contributed by atoms with Gasteiger partial charge in [0, 0.05) is 22.7 Å². The van der Waals surface area contributed by atoms with Crippen LogP contribution in [0.25, 0.3) is 10.8 Å². The van der Waals surface area contributed by atoms with Gasteiger partial charge in [-0.15, -0.1) is 0 Å². The number of halogens is 5. The molecule has 1 N–H and O–H groups in total. The molecule has 0 radical (unpaired) electrons. The van der Waals surface area contributed by atoms with Crippen molar-refractivity contribution in [1.29, 1.82) is 0 Å². The van der Waals surface area contributed by atoms with Crippen LogP contribution < -0.4 is 15.6 Å². The number of benzene rings is 3. The summed E-state index contributed by atoms with van der Waals surface area (Å²) in [5, 5.41) is 3.52. The minimum atomic E-state index is -1.88. The number of carbonyl (C=O) groups is 3. The molecule has 0 bridgehead atoms. The van der Waals surface area contributed by atoms with Crippen LogP contribution in [0.5, 0.6) is 5.75 Å². The SMILES string of the molecule is CCC(C(=O)NC(CC(=O)OC(C)(C)c1ccccc1)C(=O)COc1c(F)c(F)cc(F)c1F)n1ccc2ccc(Cl)cc2c1=O. The molecular weight excluding hydrogens is 632 g/mol. The first-order valence-corrected chi connectivity index (χ1v) is 14.5. The number of carbonyl (C=O) groups excluding carboxylic acids is 3. The minimum Gasteiger partial charge on any atom is -0.479 e. The van der Waals surface area contributed by atoms with E-state index in [0.29, 0.717) is 16.0 Å². The lowest BCUT2D eigenvalue weighted by atomic mass is 9.98. The summed E-state index contributed by atoms with van der Waals surface area (Å²) in [7, 11) is 0. The van der Waals surface area contributed by atoms with Crippen LogP contribution in [0.3, 0.4) is 0 Å². The average molecular weight is 661 g/mol. The predicted octanol–water partition coefficient (Wildman–Crippen LogP) is 6.16. The minimum absolute atomic E-state index is 0.0273. The Balaban J connectivity index is 1.61. The van der Waals surface area contributed by atoms with E-state index in [1.807, 2.05) is 0 Å². The van der Waals surface area contributed by atoms with Crippen molar-refractivity contribution < 1.29 is 41.4 Å². The van der Waals surface area contributed by atoms with Gasteiger partial charge < -0.3 is 19.4 Å². The molecule has 0 spiro atoms. The molecule has 0 fully saturated rings. The van der Waals surface area contributed by atoms with Gasteiger partial charge in [-0.3, -0.25) is 19.2 Å². The number of ether oxygens (including phenoxy) is 2. The Morgan fingerprint density at radius 2 is 1.61 bits per heavy atom. The molecule has 242 valence electrons. The Bertz CT molecular complexity index is 1820. The molecule has 8 nitrogen and oxygen atoms in total. The highest BCUT2D eigenvalue weighted by atomic mass is 35.5. The van der Waals surface area contributed by atoms with Crippen LogP contribution >= 0.6 is 11.6 Å². The summed E-state index contributed by atoms with van der Waals surface area (Å²) in [6, 6.07) is 12.0. The zero-order chi connectivity index (χ0) is 33.8. The van der Waals surface area contributed by atoms with E-state index < -0.39 is 82.9 Å². The smallest absolute Gasteiger partial charge is 0.309 e. The number of amides is 1. The summed E-state index contributed by atoms with van der Waals surface area (Å²) in [5.74, 6) is -11.6. The molecule has 0 saturated heterocycles. The first kappa shape index (κ1) is 34.2. The fourth-order valence-electron chi connectivity index (χ4n) is 4.81. The van der Waals surface area contributed by atoms with Gasteiger partial charge in [-0.05, 0) is 49.4 Å². The number of Topliss-reactive ketones (excluding diaryl/α,β-unsaturated/α-hetero) is 1. The molecule has 0 aliphatic heterocycles. The zero-order valence-electron chi connectivity index (χ0n) is 24.9. The second kappa shape index (κ2) is 14.2. The lowest BCUT2D eigenvalue weighted by molar-refractivity contribution is -0.159. The third-order valence-corrected chi connectivity index (χ3v) is 7.50. The number of ketones is 1. The van der Waals surface area contributed by atoms with Gasteiger partial charge in [0.15, 0.2) is 23.2 Å². The highest BCUT2D eigenvalue weighted by Crippen LogP contribution is 2.28. The number of hydrogen-bond acceptors (Lipinski definition) is 6. The number of esters is 1. The van der Waals surface area contributed by atoms with Crippen molar-refractivity contribution in [2.24, 2.45) is 0 Å². The van der Waals surface area contributed by atoms with E-state index in [2.05, 4.69) is 5.32 Å². The number of pyridine rings is 1. The number of aromatic nitrogens is 1. The number of nitrogens with zero attached hydrogens (tertiary/aromatic N) is 1. The van der Waals surface area contributed by atoms with Crippen molar-refractivity contribution in [3.05, 3.63) is 111 Å². The first-order chi connectivity index (χ1) is 21.7. The Kier molecular flexibility index (Phi) is 10.5. The maximum Gasteiger partial charge on any atom is 0.309 e. The molecule has 13 heteroatoms. The molecule has 4 aromatic rings. The van der Waals surface area contributed by atoms with Gasteiger partial charge in [-0.1, -0.05) is 54.9 Å². The van der Waals surface area contributed by atoms with Crippen LogP contribution in [-0.4, -0.2) is 34.9 Å². The molecule has 0 aliphatic rings. The zero-order valence-corrected chi connectivity index (χ0v) is 25.7. The van der Waals surface area contributed by atoms with E-state index in [0.717, 1.165) is 4.57 Å². The van der Waals surface area contributed by atoms with Crippen molar-refractivity contribution in [3.63, 3.8) is 0 Å². The van der Waals surface area contributed by atoms with Crippen LogP contribution in [0.4, 0.5) is 17.6 Å². The second-order valence-corrected chi connectivity index (χ2v) is 11.3. The summed E-state index contributed by atoms with van der Waals surface area (Å²) < 4.78 is 67.3. The predicted molar refractivity (Wildman–Crippen MR) is 161 cm³/mol. The summed E-state index contributed by atoms with van der Waals surface area (Å²) >= 11 is 6.06. The summed E-state index contributed by atoms with van der Waals surface area (Å²) in [5.41, 5.74) is -1.08. The fourth-order valence-corrected chi connectivity index (χ4v) is 4.98. The van der Waals surface area contributed by atoms with E-state index in [1.165, 1.54) is 12.3 Å². The Labute approximate surface area is 265 Å². The third-order valence-electron chi connectivity index (χ3n) is 7.26. The van der Waals surface area contributed by atoms with E-state index >= 15 is 0 Å². The van der Waals surface area contributed by atoms with Crippen LogP contribution in [0.15, 0.2) is 71.7 Å². The Hall–Kier alpha value is -4.71. The summed E-state index contributed by atoms with van der Waals surface area (Å²) in [6.45, 7) is 3.63. The molecule has 2 unspecified atom stereocenters. The van der Waals surface area contributed by atoms with E-state index in [4.69, 9.17) is 21.1 Å². The average Bonchev–Trinajstić information content (AvgIpc) is 3.01. The van der Waals surface area contributed by atoms with Gasteiger partial charge in [-0.25, -0.2) is 8.78 Å². The molecular formula is C33H29ClF4N2O6. The molecule has 0 saturated carbocycles. The first-order valence-electron chi connectivity index (χ1n) is 14.1. The molecule has 1 amide bonds. The lowest BCUT2D eigenvalue weighted by Crippen LogP contribution is -2.48. The number of hydrogen-bond donors (Lipinski definition) is 1. The Morgan fingerprint density at radius 3 is 2.24 bits per heavy atom. The van der Waals surface area contributed by atoms with Crippen LogP contribution in [0, 0.1) is 23.3 Å². The molecule has 1 aromatic heterocycles. The van der Waals surface area contributed by atoms with Crippen LogP contribution in [0.2, 0.25) is 5.02 Å².